The fourth-order valence-corrected chi connectivity index (χ4v) is 24.0. The molecular formula is C106H97Cl2N15O12S4. The molecule has 4 saturated heterocycles. The Bertz CT molecular complexity index is 7800. The van der Waals surface area contributed by atoms with Crippen LogP contribution in [0.4, 0.5) is 45.5 Å². The summed E-state index contributed by atoms with van der Waals surface area (Å²) in [5.41, 5.74) is 17.3. The Morgan fingerprint density at radius 3 is 1.24 bits per heavy atom. The predicted molar refractivity (Wildman–Crippen MR) is 554 cm³/mol. The summed E-state index contributed by atoms with van der Waals surface area (Å²) in [6, 6.07) is 79.9. The third-order valence-electron chi connectivity index (χ3n) is 24.3. The summed E-state index contributed by atoms with van der Waals surface area (Å²) in [4.78, 5) is 82.9. The molecule has 4 amide bonds. The summed E-state index contributed by atoms with van der Waals surface area (Å²) in [5.74, 6) is -0.615. The van der Waals surface area contributed by atoms with Crippen molar-refractivity contribution in [2.45, 2.75) is 84.0 Å². The Balaban J connectivity index is 0.000000128. The second kappa shape index (κ2) is 43.1. The third kappa shape index (κ3) is 23.3. The summed E-state index contributed by atoms with van der Waals surface area (Å²) in [6.07, 6.45) is 19.9. The standard InChI is InChI=1S/C28H27N3O3S.C26H22Cl2N4O3S.2C26H24N4O3S/c1-20-9-13-23(19-25(20)27-16-12-21-7-3-4-8-26(21)30-27)29-28(32)22-10-14-24(15-11-22)31-17-5-2-6-18-35(31,33)34;27-22-8-5-18(14-21(22)25-9-4-17-16-29-11-10-24(17)31-25)30-26(33)20-7-6-19(15-23(20)28)32-12-2-1-3-13-36(32,34)35;31-26(19-9-11-22(12-10-19)30-16-2-1-3-17-34(30,32)33)29-21-7-4-6-20(18-21)25-23-8-5-14-27-24(23)13-15-28-25;31-26(19-7-10-23(11-8-19)30-15-2-1-3-16-34(30,32)33)28-22-6-4-5-20(17-22)24-12-9-21-18-27-14-13-25(21)29-24/h3-4,7-16,19H,2,5-6,17-18H2,1H3,(H,29,32);4-11,14-16H,1-3,12-13H2,(H,30,33);4-15,18H,1-3,16-17H2,(H,29,31);4-14,17-18H,1-3,15-16H2,(H,28,31). The highest BCUT2D eigenvalue weighted by molar-refractivity contribution is 7.93. The number of halogens is 2. The van der Waals surface area contributed by atoms with E-state index < -0.39 is 46.0 Å². The fraction of sp³-hybridized carbons (Fsp3) is 0.198. The molecule has 4 fully saturated rings. The highest BCUT2D eigenvalue weighted by atomic mass is 35.5. The summed E-state index contributed by atoms with van der Waals surface area (Å²) < 4.78 is 106. The second-order valence-corrected chi connectivity index (χ2v) is 42.8. The van der Waals surface area contributed by atoms with E-state index in [9.17, 15) is 52.8 Å². The molecular weight excluding hydrogens is 1870 g/mol. The number of hydrogen-bond donors (Lipinski definition) is 4. The van der Waals surface area contributed by atoms with Crippen LogP contribution in [0.1, 0.15) is 124 Å². The van der Waals surface area contributed by atoms with E-state index in [1.54, 1.807) is 140 Å². The monoisotopic (exact) mass is 1970 g/mol. The van der Waals surface area contributed by atoms with Crippen LogP contribution in [0.25, 0.3) is 88.6 Å². The molecule has 139 heavy (non-hydrogen) atoms. The average molecular weight is 1970 g/mol. The molecule has 0 spiro atoms. The number of aryl methyl sites for hydroxylation is 1. The highest BCUT2D eigenvalue weighted by Crippen LogP contribution is 2.37. The number of anilines is 8. The molecule has 16 aromatic rings. The topological polar surface area (TPSA) is 356 Å². The van der Waals surface area contributed by atoms with E-state index in [2.05, 4.69) is 57.2 Å². The van der Waals surface area contributed by atoms with Gasteiger partial charge in [-0.25, -0.2) is 48.6 Å². The molecule has 33 heteroatoms. The van der Waals surface area contributed by atoms with Gasteiger partial charge in [0.05, 0.1) is 106 Å². The molecule has 0 bridgehead atoms. The van der Waals surface area contributed by atoms with Crippen molar-refractivity contribution in [3.8, 4) is 45.0 Å². The lowest BCUT2D eigenvalue weighted by atomic mass is 10.0. The molecule has 4 aliphatic heterocycles. The maximum atomic E-state index is 13.0. The molecule has 20 rings (SSSR count). The maximum absolute atomic E-state index is 13.0. The summed E-state index contributed by atoms with van der Waals surface area (Å²) in [6.45, 7) is 3.84. The number of sulfonamides is 4. The van der Waals surface area contributed by atoms with Crippen molar-refractivity contribution in [2.24, 2.45) is 0 Å². The molecule has 4 aliphatic rings. The molecule has 11 heterocycles. The largest absolute Gasteiger partial charge is 0.322 e. The van der Waals surface area contributed by atoms with Crippen LogP contribution >= 0.6 is 23.2 Å². The first kappa shape index (κ1) is 96.2. The summed E-state index contributed by atoms with van der Waals surface area (Å²) in [7, 11) is -13.4. The maximum Gasteiger partial charge on any atom is 0.257 e. The average Bonchev–Trinajstić information content (AvgIpc) is 1.39. The van der Waals surface area contributed by atoms with E-state index >= 15 is 0 Å². The van der Waals surface area contributed by atoms with Crippen molar-refractivity contribution in [2.75, 3.05) is 87.7 Å². The van der Waals surface area contributed by atoms with Crippen molar-refractivity contribution >= 4 is 176 Å². The molecule has 7 aromatic heterocycles. The van der Waals surface area contributed by atoms with Crippen molar-refractivity contribution in [3.05, 3.63) is 342 Å². The summed E-state index contributed by atoms with van der Waals surface area (Å²) >= 11 is 12.9. The van der Waals surface area contributed by atoms with Crippen LogP contribution in [-0.2, 0) is 40.1 Å². The fourth-order valence-electron chi connectivity index (χ4n) is 17.0. The quantitative estimate of drug-likeness (QED) is 0.0698. The number of para-hydroxylation sites is 1. The van der Waals surface area contributed by atoms with Crippen LogP contribution in [0.2, 0.25) is 10.0 Å². The number of amides is 4. The first-order valence-electron chi connectivity index (χ1n) is 45.7. The molecule has 0 aliphatic carbocycles. The Hall–Kier alpha value is -14.5. The van der Waals surface area contributed by atoms with E-state index in [4.69, 9.17) is 28.2 Å². The molecule has 706 valence electrons. The lowest BCUT2D eigenvalue weighted by Gasteiger charge is -2.22. The van der Waals surface area contributed by atoms with Gasteiger partial charge in [-0.05, 0) is 276 Å². The van der Waals surface area contributed by atoms with Gasteiger partial charge in [0.1, 0.15) is 0 Å². The van der Waals surface area contributed by atoms with Gasteiger partial charge < -0.3 is 21.3 Å². The van der Waals surface area contributed by atoms with Crippen LogP contribution in [0, 0.1) is 6.92 Å². The number of carbonyl (C=O) groups is 4. The lowest BCUT2D eigenvalue weighted by molar-refractivity contribution is 0.101. The molecule has 0 saturated carbocycles. The summed E-state index contributed by atoms with van der Waals surface area (Å²) in [5, 5.41) is 16.2. The molecule has 27 nitrogen and oxygen atoms in total. The number of pyridine rings is 7. The van der Waals surface area contributed by atoms with Gasteiger partial charge in [0.2, 0.25) is 40.1 Å². The Morgan fingerprint density at radius 2 is 0.727 bits per heavy atom. The van der Waals surface area contributed by atoms with E-state index in [-0.39, 0.29) is 51.3 Å². The minimum atomic E-state index is -3.41. The van der Waals surface area contributed by atoms with Crippen LogP contribution in [0.15, 0.2) is 304 Å². The van der Waals surface area contributed by atoms with E-state index in [0.717, 1.165) is 134 Å². The lowest BCUT2D eigenvalue weighted by Crippen LogP contribution is -2.32. The Morgan fingerprint density at radius 1 is 0.309 bits per heavy atom. The molecule has 9 aromatic carbocycles. The minimum absolute atomic E-state index is 0.106. The van der Waals surface area contributed by atoms with Crippen molar-refractivity contribution in [1.82, 2.24) is 34.9 Å². The van der Waals surface area contributed by atoms with Crippen molar-refractivity contribution in [1.29, 1.82) is 0 Å². The van der Waals surface area contributed by atoms with Gasteiger partial charge in [0, 0.05) is 147 Å². The zero-order valence-corrected chi connectivity index (χ0v) is 80.5. The van der Waals surface area contributed by atoms with Crippen LogP contribution in [0.3, 0.4) is 0 Å². The Labute approximate surface area is 816 Å². The number of hydrogen-bond acceptors (Lipinski definition) is 19. The predicted octanol–water partition coefficient (Wildman–Crippen LogP) is 21.7. The molecule has 0 atom stereocenters. The smallest absolute Gasteiger partial charge is 0.257 e. The van der Waals surface area contributed by atoms with Gasteiger partial charge in [0.15, 0.2) is 0 Å². The number of rotatable bonds is 16. The minimum Gasteiger partial charge on any atom is -0.322 e. The third-order valence-corrected chi connectivity index (χ3v) is 32.4. The van der Waals surface area contributed by atoms with Gasteiger partial charge in [-0.3, -0.25) is 56.3 Å². The Kier molecular flexibility index (Phi) is 29.8. The van der Waals surface area contributed by atoms with Gasteiger partial charge in [-0.2, -0.15) is 0 Å². The zero-order valence-electron chi connectivity index (χ0n) is 75.7. The first-order chi connectivity index (χ1) is 67.2. The van der Waals surface area contributed by atoms with Gasteiger partial charge in [-0.1, -0.05) is 103 Å². The van der Waals surface area contributed by atoms with Gasteiger partial charge in [0.25, 0.3) is 23.6 Å². The zero-order chi connectivity index (χ0) is 96.8. The number of benzene rings is 9. The van der Waals surface area contributed by atoms with E-state index in [1.165, 1.54) is 23.3 Å². The SMILES string of the molecule is Cc1ccc(NC(=O)c2ccc(N3CCCCCS3(=O)=O)cc2)cc1-c1ccc2ccccc2n1.O=C(Nc1ccc(Cl)c(-c2ccc3cnccc3n2)c1)c1ccc(N2CCCCCS2(=O)=O)cc1Cl.O=C(Nc1cccc(-c2ccc3cnccc3n2)c1)c1ccc(N2CCCCCS2(=O)=O)cc1.O=C(Nc1cccc(-c2nccc3ncccc23)c1)c1ccc(N2CCCCCS2(=O)=O)cc1. The van der Waals surface area contributed by atoms with E-state index in [1.807, 2.05) is 159 Å². The number of fused-ring (bicyclic) bond motifs is 4. The first-order valence-corrected chi connectivity index (χ1v) is 52.9. The van der Waals surface area contributed by atoms with Gasteiger partial charge >= 0.3 is 0 Å². The van der Waals surface area contributed by atoms with Crippen LogP contribution in [-0.4, -0.2) is 141 Å². The van der Waals surface area contributed by atoms with Crippen molar-refractivity contribution in [3.63, 3.8) is 0 Å². The van der Waals surface area contributed by atoms with Crippen molar-refractivity contribution < 1.29 is 52.8 Å². The molecule has 4 N–H and O–H groups in total. The second-order valence-electron chi connectivity index (χ2n) is 34.0. The number of carbonyl (C=O) groups excluding carboxylic acids is 4. The number of nitrogens with zero attached hydrogens (tertiary/aromatic N) is 11. The number of aromatic nitrogens is 7. The van der Waals surface area contributed by atoms with Gasteiger partial charge in [-0.15, -0.1) is 0 Å². The van der Waals surface area contributed by atoms with Crippen LogP contribution in [0.5, 0.6) is 0 Å². The normalized spacial score (nSPS) is 15.5. The molecule has 0 radical (unpaired) electrons. The molecule has 0 unspecified atom stereocenters. The number of nitrogens with one attached hydrogen (secondary N) is 4. The van der Waals surface area contributed by atoms with E-state index in [0.29, 0.717) is 130 Å². The highest BCUT2D eigenvalue weighted by Gasteiger charge is 2.31. The van der Waals surface area contributed by atoms with Crippen LogP contribution < -0.4 is 38.5 Å².